The van der Waals surface area contributed by atoms with Crippen LogP contribution in [0.15, 0.2) is 18.2 Å². The van der Waals surface area contributed by atoms with E-state index in [1.807, 2.05) is 5.32 Å². The zero-order chi connectivity index (χ0) is 15.3. The Balaban J connectivity index is 2.61. The van der Waals surface area contributed by atoms with E-state index in [1.165, 1.54) is 0 Å². The molecule has 108 valence electrons. The second kappa shape index (κ2) is 6.43. The van der Waals surface area contributed by atoms with Crippen LogP contribution in [0.25, 0.3) is 0 Å². The van der Waals surface area contributed by atoms with Gasteiger partial charge in [0.1, 0.15) is 0 Å². The Bertz CT molecular complexity index is 550. The summed E-state index contributed by atoms with van der Waals surface area (Å²) in [7, 11) is 0. The smallest absolute Gasteiger partial charge is 0.334 e. The van der Waals surface area contributed by atoms with Crippen molar-refractivity contribution in [1.29, 1.82) is 0 Å². The number of nitro groups is 1. The molecule has 0 fully saturated rings. The summed E-state index contributed by atoms with van der Waals surface area (Å²) in [6.07, 6.45) is -1.77. The van der Waals surface area contributed by atoms with Crippen LogP contribution in [0.3, 0.4) is 0 Å². The minimum Gasteiger partial charge on any atom is -0.479 e. The van der Waals surface area contributed by atoms with Crippen LogP contribution in [0, 0.1) is 15.9 Å². The molecular weight excluding hydrogens is 277 g/mol. The van der Waals surface area contributed by atoms with Crippen molar-refractivity contribution in [2.75, 3.05) is 11.9 Å². The Morgan fingerprint density at radius 1 is 1.45 bits per heavy atom. The number of urea groups is 1. The van der Waals surface area contributed by atoms with E-state index < -0.39 is 41.1 Å². The van der Waals surface area contributed by atoms with Crippen molar-refractivity contribution in [1.82, 2.24) is 5.32 Å². The van der Waals surface area contributed by atoms with Crippen molar-refractivity contribution in [3.05, 3.63) is 34.1 Å². The van der Waals surface area contributed by atoms with Gasteiger partial charge in [-0.05, 0) is 6.07 Å². The van der Waals surface area contributed by atoms with Gasteiger partial charge in [-0.15, -0.1) is 0 Å². The van der Waals surface area contributed by atoms with Crippen LogP contribution in [0.4, 0.5) is 20.6 Å². The third-order valence-corrected chi connectivity index (χ3v) is 2.14. The highest BCUT2D eigenvalue weighted by atomic mass is 19.1. The van der Waals surface area contributed by atoms with Crippen LogP contribution < -0.4 is 10.6 Å². The molecule has 1 unspecified atom stereocenters. The minimum atomic E-state index is -1.77. The van der Waals surface area contributed by atoms with Gasteiger partial charge in [0, 0.05) is 17.8 Å². The summed E-state index contributed by atoms with van der Waals surface area (Å²) >= 11 is 0. The topological polar surface area (TPSA) is 142 Å². The number of hydrogen-bond acceptors (Lipinski definition) is 5. The third kappa shape index (κ3) is 4.17. The van der Waals surface area contributed by atoms with Crippen LogP contribution >= 0.6 is 0 Å². The van der Waals surface area contributed by atoms with Gasteiger partial charge < -0.3 is 20.8 Å². The Kier molecular flexibility index (Phi) is 4.92. The number of aliphatic hydroxyl groups excluding tert-OH is 1. The van der Waals surface area contributed by atoms with E-state index in [2.05, 4.69) is 5.32 Å². The van der Waals surface area contributed by atoms with E-state index in [1.54, 1.807) is 0 Å². The molecule has 20 heavy (non-hydrogen) atoms. The Morgan fingerprint density at radius 3 is 2.60 bits per heavy atom. The van der Waals surface area contributed by atoms with Gasteiger partial charge in [-0.2, -0.15) is 4.39 Å². The van der Waals surface area contributed by atoms with Crippen molar-refractivity contribution in [3.63, 3.8) is 0 Å². The number of halogens is 1. The first-order valence-corrected chi connectivity index (χ1v) is 5.21. The Hall–Kier alpha value is -2.75. The highest BCUT2D eigenvalue weighted by Gasteiger charge is 2.16. The average molecular weight is 287 g/mol. The summed E-state index contributed by atoms with van der Waals surface area (Å²) in [5.74, 6) is -2.63. The molecule has 10 heteroatoms. The fourth-order valence-corrected chi connectivity index (χ4v) is 1.18. The summed E-state index contributed by atoms with van der Waals surface area (Å²) in [6.45, 7) is -0.545. The number of nitro benzene ring substituents is 1. The first-order chi connectivity index (χ1) is 9.31. The monoisotopic (exact) mass is 287 g/mol. The molecule has 1 aromatic carbocycles. The maximum absolute atomic E-state index is 13.2. The van der Waals surface area contributed by atoms with E-state index in [0.717, 1.165) is 18.2 Å². The molecule has 0 bridgehead atoms. The number of amides is 2. The van der Waals surface area contributed by atoms with Crippen molar-refractivity contribution in [2.24, 2.45) is 0 Å². The SMILES string of the molecule is O=C(NCC(O)C(=O)O)Nc1ccc([N+](=O)[O-])c(F)c1. The van der Waals surface area contributed by atoms with E-state index >= 15 is 0 Å². The van der Waals surface area contributed by atoms with Crippen LogP contribution in [0.1, 0.15) is 0 Å². The van der Waals surface area contributed by atoms with E-state index in [0.29, 0.717) is 0 Å². The molecule has 0 heterocycles. The summed E-state index contributed by atoms with van der Waals surface area (Å²) < 4.78 is 13.2. The van der Waals surface area contributed by atoms with Crippen molar-refractivity contribution in [2.45, 2.75) is 6.10 Å². The maximum Gasteiger partial charge on any atom is 0.334 e. The van der Waals surface area contributed by atoms with E-state index in [4.69, 9.17) is 10.2 Å². The zero-order valence-corrected chi connectivity index (χ0v) is 9.87. The fraction of sp³-hybridized carbons (Fsp3) is 0.200. The van der Waals surface area contributed by atoms with Gasteiger partial charge in [-0.3, -0.25) is 10.1 Å². The zero-order valence-electron chi connectivity index (χ0n) is 9.87. The van der Waals surface area contributed by atoms with Crippen LogP contribution in [0.5, 0.6) is 0 Å². The molecule has 9 nitrogen and oxygen atoms in total. The first-order valence-electron chi connectivity index (χ1n) is 5.21. The number of nitrogens with zero attached hydrogens (tertiary/aromatic N) is 1. The molecular formula is C10H10FN3O6. The van der Waals surface area contributed by atoms with Gasteiger partial charge >= 0.3 is 17.7 Å². The summed E-state index contributed by atoms with van der Waals surface area (Å²) in [6, 6.07) is 1.83. The van der Waals surface area contributed by atoms with Crippen LogP contribution in [-0.2, 0) is 4.79 Å². The van der Waals surface area contributed by atoms with Gasteiger partial charge in [0.15, 0.2) is 6.10 Å². The van der Waals surface area contributed by atoms with Crippen molar-refractivity contribution >= 4 is 23.4 Å². The molecule has 1 aromatic rings. The Labute approximate surface area is 111 Å². The molecule has 1 rings (SSSR count). The molecule has 0 saturated carbocycles. The van der Waals surface area contributed by atoms with Crippen LogP contribution in [-0.4, -0.2) is 39.8 Å². The normalized spacial score (nSPS) is 11.5. The lowest BCUT2D eigenvalue weighted by Gasteiger charge is -2.09. The van der Waals surface area contributed by atoms with Gasteiger partial charge in [-0.25, -0.2) is 9.59 Å². The average Bonchev–Trinajstić information content (AvgIpc) is 2.35. The molecule has 0 aliphatic rings. The standard InChI is InChI=1S/C10H10FN3O6/c11-6-3-5(1-2-7(6)14(19)20)13-10(18)12-4-8(15)9(16)17/h1-3,8,15H,4H2,(H,16,17)(H2,12,13,18). The van der Waals surface area contributed by atoms with Crippen molar-refractivity contribution in [3.8, 4) is 0 Å². The molecule has 0 aliphatic heterocycles. The number of carboxylic acids is 1. The summed E-state index contributed by atoms with van der Waals surface area (Å²) in [4.78, 5) is 31.0. The maximum atomic E-state index is 13.2. The second-order valence-corrected chi connectivity index (χ2v) is 3.61. The van der Waals surface area contributed by atoms with Gasteiger partial charge in [0.2, 0.25) is 5.82 Å². The van der Waals surface area contributed by atoms with E-state index in [-0.39, 0.29) is 5.69 Å². The number of benzene rings is 1. The predicted molar refractivity (Wildman–Crippen MR) is 63.7 cm³/mol. The number of nitrogens with one attached hydrogen (secondary N) is 2. The lowest BCUT2D eigenvalue weighted by atomic mass is 10.2. The molecule has 0 radical (unpaired) electrons. The summed E-state index contributed by atoms with van der Waals surface area (Å²) in [5, 5.41) is 31.8. The van der Waals surface area contributed by atoms with Crippen LogP contribution in [0.2, 0.25) is 0 Å². The Morgan fingerprint density at radius 2 is 2.10 bits per heavy atom. The quantitative estimate of drug-likeness (QED) is 0.453. The molecule has 0 saturated heterocycles. The number of aliphatic carboxylic acids is 1. The number of carbonyl (C=O) groups is 2. The fourth-order valence-electron chi connectivity index (χ4n) is 1.18. The molecule has 0 spiro atoms. The number of carboxylic acid groups (broad SMARTS) is 1. The van der Waals surface area contributed by atoms with Gasteiger partial charge in [0.25, 0.3) is 0 Å². The predicted octanol–water partition coefficient (Wildman–Crippen LogP) is 0.301. The van der Waals surface area contributed by atoms with Gasteiger partial charge in [-0.1, -0.05) is 0 Å². The summed E-state index contributed by atoms with van der Waals surface area (Å²) in [5.41, 5.74) is -0.798. The largest absolute Gasteiger partial charge is 0.479 e. The lowest BCUT2D eigenvalue weighted by Crippen LogP contribution is -2.38. The number of anilines is 1. The minimum absolute atomic E-state index is 0.0598. The second-order valence-electron chi connectivity index (χ2n) is 3.61. The molecule has 4 N–H and O–H groups in total. The van der Waals surface area contributed by atoms with E-state index in [9.17, 15) is 24.1 Å². The molecule has 0 aromatic heterocycles. The third-order valence-electron chi connectivity index (χ3n) is 2.14. The number of carbonyl (C=O) groups excluding carboxylic acids is 1. The molecule has 0 aliphatic carbocycles. The molecule has 2 amide bonds. The highest BCUT2D eigenvalue weighted by molar-refractivity contribution is 5.89. The number of hydrogen-bond donors (Lipinski definition) is 4. The highest BCUT2D eigenvalue weighted by Crippen LogP contribution is 2.20. The van der Waals surface area contributed by atoms with Crippen molar-refractivity contribution < 1.29 is 29.1 Å². The number of aliphatic hydroxyl groups is 1. The first kappa shape index (κ1) is 15.3. The number of rotatable bonds is 5. The van der Waals surface area contributed by atoms with Gasteiger partial charge in [0.05, 0.1) is 11.5 Å². The lowest BCUT2D eigenvalue weighted by molar-refractivity contribution is -0.387. The molecule has 1 atom stereocenters.